The van der Waals surface area contributed by atoms with Crippen LogP contribution in [-0.2, 0) is 9.47 Å². The molecule has 1 aromatic heterocycles. The van der Waals surface area contributed by atoms with E-state index in [1.807, 2.05) is 0 Å². The summed E-state index contributed by atoms with van der Waals surface area (Å²) in [7, 11) is 0. The number of hydrogen-bond acceptors (Lipinski definition) is 10. The van der Waals surface area contributed by atoms with Crippen molar-refractivity contribution in [1.82, 2.24) is 0 Å². The van der Waals surface area contributed by atoms with Crippen LogP contribution in [-0.4, -0.2) is 85.8 Å². The van der Waals surface area contributed by atoms with Crippen LogP contribution in [0.4, 0.5) is 0 Å². The fourth-order valence-corrected chi connectivity index (χ4v) is 9.30. The van der Waals surface area contributed by atoms with Crippen LogP contribution in [0.3, 0.4) is 0 Å². The van der Waals surface area contributed by atoms with E-state index in [0.29, 0.717) is 6.42 Å². The van der Waals surface area contributed by atoms with Gasteiger partial charge >= 0.3 is 5.63 Å². The molecule has 0 bridgehead atoms. The van der Waals surface area contributed by atoms with E-state index in [1.165, 1.54) is 17.9 Å². The Balaban J connectivity index is 1.22. The number of fused-ring (bicyclic) bond motifs is 5. The molecule has 13 atom stereocenters. The van der Waals surface area contributed by atoms with Crippen LogP contribution in [0.15, 0.2) is 39.3 Å². The summed E-state index contributed by atoms with van der Waals surface area (Å²) in [6, 6.07) is 3.08. The van der Waals surface area contributed by atoms with Crippen LogP contribution in [0.1, 0.15) is 70.3 Å². The second-order valence-electron chi connectivity index (χ2n) is 13.3. The molecule has 1 saturated heterocycles. The second-order valence-corrected chi connectivity index (χ2v) is 13.3. The lowest BCUT2D eigenvalue weighted by Crippen LogP contribution is -2.61. The highest BCUT2D eigenvalue weighted by Crippen LogP contribution is 2.70. The van der Waals surface area contributed by atoms with Crippen LogP contribution in [0.2, 0.25) is 0 Å². The van der Waals surface area contributed by atoms with Gasteiger partial charge in [0.2, 0.25) is 0 Å². The molecule has 0 aromatic carbocycles. The standard InChI is InChI=1S/C30H42O10/c1-28-9-7-17(39-27-26(36)25(35)24(34)21(13-31)40-27)11-16(28)4-5-19-18(28)8-10-29(2)23(20(32)12-30(19,29)37)15-3-6-22(33)38-14-15/h3,6,11,14,17-21,23-27,31-32,34-37H,4-5,7-10,12-13H2,1-2H3. The average molecular weight is 563 g/mol. The third-order valence-corrected chi connectivity index (χ3v) is 11.5. The average Bonchev–Trinajstić information content (AvgIpc) is 3.14. The molecule has 1 aliphatic heterocycles. The molecule has 222 valence electrons. The Morgan fingerprint density at radius 1 is 1.00 bits per heavy atom. The summed E-state index contributed by atoms with van der Waals surface area (Å²) >= 11 is 0. The Hall–Kier alpha value is -1.63. The van der Waals surface area contributed by atoms with Crippen molar-refractivity contribution >= 4 is 0 Å². The van der Waals surface area contributed by atoms with E-state index in [9.17, 15) is 35.4 Å². The molecule has 6 N–H and O–H groups in total. The smallest absolute Gasteiger partial charge is 0.335 e. The first kappa shape index (κ1) is 28.5. The summed E-state index contributed by atoms with van der Waals surface area (Å²) in [6.45, 7) is 3.84. The van der Waals surface area contributed by atoms with Crippen LogP contribution >= 0.6 is 0 Å². The van der Waals surface area contributed by atoms with Gasteiger partial charge < -0.3 is 44.5 Å². The quantitative estimate of drug-likeness (QED) is 0.291. The van der Waals surface area contributed by atoms with Crippen molar-refractivity contribution in [3.63, 3.8) is 0 Å². The molecule has 6 rings (SSSR count). The van der Waals surface area contributed by atoms with Crippen molar-refractivity contribution < 1.29 is 44.5 Å². The van der Waals surface area contributed by atoms with Gasteiger partial charge in [0, 0.05) is 23.8 Å². The van der Waals surface area contributed by atoms with Gasteiger partial charge in [0.05, 0.1) is 30.7 Å². The fourth-order valence-electron chi connectivity index (χ4n) is 9.30. The van der Waals surface area contributed by atoms with Gasteiger partial charge in [0.15, 0.2) is 6.29 Å². The SMILES string of the molecule is CC12CCC(OC3OC(CO)C(O)C(O)C3O)C=C1CCC1C2CCC2(C)C(c3ccc(=O)oc3)C(O)CC12O. The molecule has 2 heterocycles. The van der Waals surface area contributed by atoms with Crippen LogP contribution in [0.25, 0.3) is 0 Å². The topological polar surface area (TPSA) is 170 Å². The molecule has 1 aromatic rings. The first-order chi connectivity index (χ1) is 18.9. The molecule has 0 spiro atoms. The summed E-state index contributed by atoms with van der Waals surface area (Å²) in [5, 5.41) is 63.8. The minimum Gasteiger partial charge on any atom is -0.431 e. The van der Waals surface area contributed by atoms with Crippen molar-refractivity contribution in [2.24, 2.45) is 22.7 Å². The fraction of sp³-hybridized carbons (Fsp3) is 0.767. The Bertz CT molecular complexity index is 1180. The van der Waals surface area contributed by atoms with Gasteiger partial charge in [-0.15, -0.1) is 0 Å². The highest BCUT2D eigenvalue weighted by atomic mass is 16.7. The summed E-state index contributed by atoms with van der Waals surface area (Å²) < 4.78 is 16.8. The van der Waals surface area contributed by atoms with Gasteiger partial charge in [-0.1, -0.05) is 25.5 Å². The minimum absolute atomic E-state index is 0.00619. The third kappa shape index (κ3) is 4.10. The van der Waals surface area contributed by atoms with E-state index >= 15 is 0 Å². The summed E-state index contributed by atoms with van der Waals surface area (Å²) in [6.07, 6.45) is 0.804. The predicted octanol–water partition coefficient (Wildman–Crippen LogP) is 0.957. The summed E-state index contributed by atoms with van der Waals surface area (Å²) in [4.78, 5) is 11.6. The van der Waals surface area contributed by atoms with Crippen LogP contribution in [0, 0.1) is 22.7 Å². The molecule has 10 nitrogen and oxygen atoms in total. The molecule has 40 heavy (non-hydrogen) atoms. The van der Waals surface area contributed by atoms with Gasteiger partial charge in [-0.2, -0.15) is 0 Å². The van der Waals surface area contributed by atoms with E-state index in [0.717, 1.165) is 37.7 Å². The number of rotatable bonds is 4. The van der Waals surface area contributed by atoms with E-state index < -0.39 is 60.1 Å². The molecule has 4 fully saturated rings. The largest absolute Gasteiger partial charge is 0.431 e. The maximum absolute atomic E-state index is 12.4. The molecular weight excluding hydrogens is 520 g/mol. The molecule has 0 amide bonds. The van der Waals surface area contributed by atoms with Crippen molar-refractivity contribution in [3.05, 3.63) is 46.0 Å². The van der Waals surface area contributed by atoms with E-state index in [4.69, 9.17) is 13.9 Å². The molecular formula is C30H42O10. The molecule has 4 aliphatic carbocycles. The maximum Gasteiger partial charge on any atom is 0.335 e. The zero-order chi connectivity index (χ0) is 28.6. The lowest BCUT2D eigenvalue weighted by atomic mass is 9.45. The Morgan fingerprint density at radius 3 is 2.48 bits per heavy atom. The lowest BCUT2D eigenvalue weighted by Gasteiger charge is -2.61. The van der Waals surface area contributed by atoms with Crippen molar-refractivity contribution in [1.29, 1.82) is 0 Å². The first-order valence-corrected chi connectivity index (χ1v) is 14.6. The lowest BCUT2D eigenvalue weighted by molar-refractivity contribution is -0.308. The maximum atomic E-state index is 12.4. The third-order valence-electron chi connectivity index (χ3n) is 11.5. The number of hydrogen-bond donors (Lipinski definition) is 6. The van der Waals surface area contributed by atoms with Gasteiger partial charge in [-0.05, 0) is 67.4 Å². The number of aliphatic hydroxyl groups is 6. The number of allylic oxidation sites excluding steroid dienone is 1. The highest BCUT2D eigenvalue weighted by molar-refractivity contribution is 5.32. The number of ether oxygens (including phenoxy) is 2. The highest BCUT2D eigenvalue weighted by Gasteiger charge is 2.69. The Kier molecular flexibility index (Phi) is 7.11. The van der Waals surface area contributed by atoms with Gasteiger partial charge in [0.25, 0.3) is 0 Å². The van der Waals surface area contributed by atoms with Crippen molar-refractivity contribution in [3.8, 4) is 0 Å². The van der Waals surface area contributed by atoms with Gasteiger partial charge in [-0.25, -0.2) is 4.79 Å². The number of aliphatic hydroxyl groups excluding tert-OH is 5. The van der Waals surface area contributed by atoms with Crippen LogP contribution in [0.5, 0.6) is 0 Å². The Labute approximate surface area is 233 Å². The molecule has 10 heteroatoms. The molecule has 0 radical (unpaired) electrons. The minimum atomic E-state index is -1.48. The van der Waals surface area contributed by atoms with E-state index in [-0.39, 0.29) is 35.7 Å². The predicted molar refractivity (Wildman–Crippen MR) is 141 cm³/mol. The zero-order valence-electron chi connectivity index (χ0n) is 23.1. The monoisotopic (exact) mass is 562 g/mol. The second kappa shape index (κ2) is 9.98. The van der Waals surface area contributed by atoms with E-state index in [2.05, 4.69) is 19.9 Å². The first-order valence-electron chi connectivity index (χ1n) is 14.6. The molecule has 13 unspecified atom stereocenters. The van der Waals surface area contributed by atoms with Gasteiger partial charge in [0.1, 0.15) is 24.4 Å². The Morgan fingerprint density at radius 2 is 1.77 bits per heavy atom. The zero-order valence-corrected chi connectivity index (χ0v) is 23.1. The summed E-state index contributed by atoms with van der Waals surface area (Å²) in [5.74, 6) is -0.0969. The molecule has 3 saturated carbocycles. The normalized spacial score (nSPS) is 50.5. The summed E-state index contributed by atoms with van der Waals surface area (Å²) in [5.41, 5.74) is -0.217. The van der Waals surface area contributed by atoms with Crippen molar-refractivity contribution in [2.45, 2.75) is 113 Å². The van der Waals surface area contributed by atoms with Crippen LogP contribution < -0.4 is 5.63 Å². The van der Waals surface area contributed by atoms with Crippen molar-refractivity contribution in [2.75, 3.05) is 6.61 Å². The van der Waals surface area contributed by atoms with E-state index in [1.54, 1.807) is 6.07 Å². The molecule has 5 aliphatic rings. The van der Waals surface area contributed by atoms with Gasteiger partial charge in [-0.3, -0.25) is 0 Å².